The fraction of sp³-hybridized carbons (Fsp3) is 0.600. The Balaban J connectivity index is 2.25. The minimum atomic E-state index is 0.930. The first-order chi connectivity index (χ1) is 4.74. The van der Waals surface area contributed by atoms with Gasteiger partial charge in [-0.2, -0.15) is 0 Å². The van der Waals surface area contributed by atoms with Crippen molar-refractivity contribution in [2.45, 2.75) is 33.1 Å². The third kappa shape index (κ3) is 2.02. The first-order valence-electron chi connectivity index (χ1n) is 4.07. The maximum Gasteiger partial charge on any atom is -0.0141 e. The van der Waals surface area contributed by atoms with Crippen LogP contribution in [-0.2, 0) is 0 Å². The number of hydrogen-bond acceptors (Lipinski definition) is 0. The Morgan fingerprint density at radius 1 is 1.80 bits per heavy atom. The lowest BCUT2D eigenvalue weighted by atomic mass is 10.2. The molecule has 1 unspecified atom stereocenters. The zero-order valence-corrected chi connectivity index (χ0v) is 6.98. The van der Waals surface area contributed by atoms with Gasteiger partial charge in [0.25, 0.3) is 0 Å². The molecule has 0 nitrogen and oxygen atoms in total. The van der Waals surface area contributed by atoms with Gasteiger partial charge in [-0.25, -0.2) is 0 Å². The van der Waals surface area contributed by atoms with Gasteiger partial charge in [-0.3, -0.25) is 0 Å². The molecule has 0 amide bonds. The van der Waals surface area contributed by atoms with Crippen LogP contribution in [0.3, 0.4) is 0 Å². The third-order valence-electron chi connectivity index (χ3n) is 2.05. The molecule has 0 heteroatoms. The summed E-state index contributed by atoms with van der Waals surface area (Å²) in [5, 5.41) is 0. The average Bonchev–Trinajstić information content (AvgIpc) is 2.61. The highest BCUT2D eigenvalue weighted by atomic mass is 14.3. The van der Waals surface area contributed by atoms with Gasteiger partial charge in [0.2, 0.25) is 0 Å². The summed E-state index contributed by atoms with van der Waals surface area (Å²) >= 11 is 0. The second-order valence-electron chi connectivity index (χ2n) is 3.25. The zero-order chi connectivity index (χ0) is 7.56. The highest BCUT2D eigenvalue weighted by Crippen LogP contribution is 2.40. The number of rotatable bonds is 3. The van der Waals surface area contributed by atoms with Crippen LogP contribution in [0, 0.1) is 5.92 Å². The molecule has 1 atom stereocenters. The summed E-state index contributed by atoms with van der Waals surface area (Å²) in [5.74, 6) is 0.930. The van der Waals surface area contributed by atoms with E-state index in [0.717, 1.165) is 12.3 Å². The molecule has 0 radical (unpaired) electrons. The van der Waals surface area contributed by atoms with Crippen LogP contribution >= 0.6 is 0 Å². The second kappa shape index (κ2) is 3.05. The quantitative estimate of drug-likeness (QED) is 0.522. The van der Waals surface area contributed by atoms with E-state index < -0.39 is 0 Å². The summed E-state index contributed by atoms with van der Waals surface area (Å²) in [4.78, 5) is 0. The predicted molar refractivity (Wildman–Crippen MR) is 45.9 cm³/mol. The normalized spacial score (nSPS) is 27.0. The summed E-state index contributed by atoms with van der Waals surface area (Å²) < 4.78 is 0. The molecule has 1 aliphatic carbocycles. The average molecular weight is 136 g/mol. The van der Waals surface area contributed by atoms with Crippen molar-refractivity contribution in [1.29, 1.82) is 0 Å². The topological polar surface area (TPSA) is 0 Å². The molecule has 0 N–H and O–H groups in total. The van der Waals surface area contributed by atoms with E-state index in [-0.39, 0.29) is 0 Å². The maximum absolute atomic E-state index is 3.86. The van der Waals surface area contributed by atoms with Gasteiger partial charge in [0.15, 0.2) is 0 Å². The molecule has 1 saturated carbocycles. The molecule has 0 aromatic rings. The van der Waals surface area contributed by atoms with Gasteiger partial charge in [-0.15, -0.1) is 0 Å². The van der Waals surface area contributed by atoms with Crippen LogP contribution in [0.2, 0.25) is 0 Å². The van der Waals surface area contributed by atoms with Gasteiger partial charge in [-0.05, 0) is 32.1 Å². The lowest BCUT2D eigenvalue weighted by molar-refractivity contribution is 0.825. The molecule has 0 bridgehead atoms. The summed E-state index contributed by atoms with van der Waals surface area (Å²) in [6.07, 6.45) is 6.11. The van der Waals surface area contributed by atoms with Crippen molar-refractivity contribution in [2.75, 3.05) is 0 Å². The van der Waals surface area contributed by atoms with Crippen LogP contribution in [0.5, 0.6) is 0 Å². The SMILES string of the molecule is C=C(C)CC=C1CC1CC. The minimum Gasteiger partial charge on any atom is -0.0998 e. The molecule has 1 fully saturated rings. The molecule has 10 heavy (non-hydrogen) atoms. The number of allylic oxidation sites excluding steroid dienone is 3. The number of hydrogen-bond donors (Lipinski definition) is 0. The van der Waals surface area contributed by atoms with Gasteiger partial charge in [-0.1, -0.05) is 30.7 Å². The largest absolute Gasteiger partial charge is 0.0998 e. The van der Waals surface area contributed by atoms with Crippen LogP contribution in [-0.4, -0.2) is 0 Å². The highest BCUT2D eigenvalue weighted by molar-refractivity contribution is 5.24. The zero-order valence-electron chi connectivity index (χ0n) is 6.98. The molecule has 0 heterocycles. The van der Waals surface area contributed by atoms with Crippen LogP contribution in [0.4, 0.5) is 0 Å². The first-order valence-corrected chi connectivity index (χ1v) is 4.07. The van der Waals surface area contributed by atoms with Crippen molar-refractivity contribution < 1.29 is 0 Å². The third-order valence-corrected chi connectivity index (χ3v) is 2.05. The Hall–Kier alpha value is -0.520. The van der Waals surface area contributed by atoms with Gasteiger partial charge < -0.3 is 0 Å². The van der Waals surface area contributed by atoms with Gasteiger partial charge >= 0.3 is 0 Å². The molecule has 0 aromatic carbocycles. The van der Waals surface area contributed by atoms with Gasteiger partial charge in [0.05, 0.1) is 0 Å². The van der Waals surface area contributed by atoms with E-state index in [9.17, 15) is 0 Å². The van der Waals surface area contributed by atoms with E-state index in [1.165, 1.54) is 18.4 Å². The summed E-state index contributed by atoms with van der Waals surface area (Å²) in [6.45, 7) is 8.20. The minimum absolute atomic E-state index is 0.930. The fourth-order valence-corrected chi connectivity index (χ4v) is 1.19. The molecule has 1 aliphatic rings. The molecular weight excluding hydrogens is 120 g/mol. The van der Waals surface area contributed by atoms with Crippen LogP contribution < -0.4 is 0 Å². The van der Waals surface area contributed by atoms with Crippen LogP contribution in [0.15, 0.2) is 23.8 Å². The van der Waals surface area contributed by atoms with Crippen LogP contribution in [0.25, 0.3) is 0 Å². The summed E-state index contributed by atoms with van der Waals surface area (Å²) in [5.41, 5.74) is 2.93. The molecule has 56 valence electrons. The molecule has 1 rings (SSSR count). The Bertz CT molecular complexity index is 163. The van der Waals surface area contributed by atoms with Crippen molar-refractivity contribution in [3.05, 3.63) is 23.8 Å². The second-order valence-corrected chi connectivity index (χ2v) is 3.25. The standard InChI is InChI=1S/C10H16/c1-4-9-7-10(9)6-5-8(2)3/h6,9H,2,4-5,7H2,1,3H3. The van der Waals surface area contributed by atoms with E-state index in [2.05, 4.69) is 26.5 Å². The monoisotopic (exact) mass is 136 g/mol. The Morgan fingerprint density at radius 2 is 2.50 bits per heavy atom. The molecule has 0 aromatic heterocycles. The summed E-state index contributed by atoms with van der Waals surface area (Å²) in [7, 11) is 0. The van der Waals surface area contributed by atoms with Gasteiger partial charge in [0, 0.05) is 0 Å². The predicted octanol–water partition coefficient (Wildman–Crippen LogP) is 3.31. The highest BCUT2D eigenvalue weighted by Gasteiger charge is 2.26. The van der Waals surface area contributed by atoms with Crippen molar-refractivity contribution in [2.24, 2.45) is 5.92 Å². The van der Waals surface area contributed by atoms with Crippen molar-refractivity contribution in [1.82, 2.24) is 0 Å². The first kappa shape index (κ1) is 7.59. The summed E-state index contributed by atoms with van der Waals surface area (Å²) in [6, 6.07) is 0. The van der Waals surface area contributed by atoms with E-state index in [1.807, 2.05) is 0 Å². The Kier molecular flexibility index (Phi) is 2.31. The van der Waals surface area contributed by atoms with E-state index >= 15 is 0 Å². The van der Waals surface area contributed by atoms with Crippen LogP contribution in [0.1, 0.15) is 33.1 Å². The smallest absolute Gasteiger partial charge is 0.0141 e. The van der Waals surface area contributed by atoms with Crippen molar-refractivity contribution in [3.8, 4) is 0 Å². The van der Waals surface area contributed by atoms with Crippen molar-refractivity contribution >= 4 is 0 Å². The maximum atomic E-state index is 3.86. The van der Waals surface area contributed by atoms with E-state index in [0.29, 0.717) is 0 Å². The van der Waals surface area contributed by atoms with Crippen molar-refractivity contribution in [3.63, 3.8) is 0 Å². The fourth-order valence-electron chi connectivity index (χ4n) is 1.19. The van der Waals surface area contributed by atoms with Gasteiger partial charge in [0.1, 0.15) is 0 Å². The molecule has 0 saturated heterocycles. The molecular formula is C10H16. The van der Waals surface area contributed by atoms with E-state index in [4.69, 9.17) is 0 Å². The lowest BCUT2D eigenvalue weighted by Gasteiger charge is -1.87. The molecule has 0 aliphatic heterocycles. The Labute approximate surface area is 63.6 Å². The lowest BCUT2D eigenvalue weighted by Crippen LogP contribution is -1.69. The molecule has 0 spiro atoms. The van der Waals surface area contributed by atoms with E-state index in [1.54, 1.807) is 5.57 Å². The Morgan fingerprint density at radius 3 is 2.90 bits per heavy atom.